The van der Waals surface area contributed by atoms with Crippen LogP contribution >= 0.6 is 0 Å². The van der Waals surface area contributed by atoms with Gasteiger partial charge in [-0.1, -0.05) is 0 Å². The summed E-state index contributed by atoms with van der Waals surface area (Å²) in [5.41, 5.74) is 2.25. The van der Waals surface area contributed by atoms with E-state index in [0.29, 0.717) is 0 Å². The van der Waals surface area contributed by atoms with Crippen LogP contribution in [0.4, 0.5) is 0 Å². The molecule has 0 bridgehead atoms. The van der Waals surface area contributed by atoms with E-state index in [1.54, 1.807) is 0 Å². The molecule has 1 rings (SSSR count). The van der Waals surface area contributed by atoms with Crippen LogP contribution in [0, 0.1) is 13.3 Å². The average Bonchev–Trinajstić information content (AvgIpc) is 1.90. The van der Waals surface area contributed by atoms with E-state index >= 15 is 0 Å². The fourth-order valence-electron chi connectivity index (χ4n) is 0.650. The minimum Gasteiger partial charge on any atom is -0.217 e. The van der Waals surface area contributed by atoms with Crippen LogP contribution in [0.1, 0.15) is 18.2 Å². The Balaban J connectivity index is 2.88. The summed E-state index contributed by atoms with van der Waals surface area (Å²) in [6.07, 6.45) is 3.86. The van der Waals surface area contributed by atoms with Crippen molar-refractivity contribution in [3.63, 3.8) is 0 Å². The summed E-state index contributed by atoms with van der Waals surface area (Å²) in [6, 6.07) is 4.07. The maximum atomic E-state index is 4.14. The highest BCUT2D eigenvalue weighted by Crippen LogP contribution is 1.99. The van der Waals surface area contributed by atoms with Crippen LogP contribution in [0.15, 0.2) is 18.3 Å². The number of hydrogen-bond acceptors (Lipinski definition) is 1. The molecule has 46 valence electrons. The highest BCUT2D eigenvalue weighted by atomic mass is 14.7. The Morgan fingerprint density at radius 1 is 1.44 bits per heavy atom. The van der Waals surface area contributed by atoms with E-state index in [-0.39, 0.29) is 0 Å². The molecule has 0 aliphatic rings. The van der Waals surface area contributed by atoms with Crippen molar-refractivity contribution in [2.24, 2.45) is 0 Å². The molecule has 0 amide bonds. The van der Waals surface area contributed by atoms with Gasteiger partial charge < -0.3 is 0 Å². The number of aryl methyl sites for hydroxylation is 1. The molecular weight excluding hydrogens is 110 g/mol. The van der Waals surface area contributed by atoms with Gasteiger partial charge in [-0.3, -0.25) is 0 Å². The van der Waals surface area contributed by atoms with Crippen LogP contribution in [0.3, 0.4) is 0 Å². The zero-order valence-corrected chi connectivity index (χ0v) is 5.76. The lowest BCUT2D eigenvalue weighted by Gasteiger charge is -1.85. The maximum Gasteiger partial charge on any atom is 0.219 e. The third kappa shape index (κ3) is 1.46. The van der Waals surface area contributed by atoms with Crippen molar-refractivity contribution in [1.29, 1.82) is 0 Å². The Labute approximate surface area is 55.7 Å². The molecule has 0 N–H and O–H groups in total. The molecule has 0 aliphatic carbocycles. The summed E-state index contributed by atoms with van der Waals surface area (Å²) in [7, 11) is 0. The highest BCUT2D eigenvalue weighted by Gasteiger charge is 1.96. The SMILES string of the molecule is C[CH+]c1ccc(C)cn1. The molecule has 0 spiro atoms. The molecule has 1 heterocycles. The van der Waals surface area contributed by atoms with Gasteiger partial charge in [0.15, 0.2) is 0 Å². The average molecular weight is 120 g/mol. The van der Waals surface area contributed by atoms with Crippen molar-refractivity contribution in [3.05, 3.63) is 36.0 Å². The predicted molar refractivity (Wildman–Crippen MR) is 38.1 cm³/mol. The summed E-state index contributed by atoms with van der Waals surface area (Å²) in [5, 5.41) is 0. The maximum absolute atomic E-state index is 4.14. The van der Waals surface area contributed by atoms with Crippen molar-refractivity contribution in [2.75, 3.05) is 0 Å². The second-order valence-electron chi connectivity index (χ2n) is 2.05. The fraction of sp³-hybridized carbons (Fsp3) is 0.250. The van der Waals surface area contributed by atoms with Crippen molar-refractivity contribution in [1.82, 2.24) is 4.98 Å². The molecule has 0 fully saturated rings. The first-order valence-electron chi connectivity index (χ1n) is 3.05. The van der Waals surface area contributed by atoms with E-state index in [4.69, 9.17) is 0 Å². The standard InChI is InChI=1S/C8H10N/c1-3-8-5-4-7(2)6-9-8/h3-6H,1-2H3/q+1. The number of nitrogens with zero attached hydrogens (tertiary/aromatic N) is 1. The molecule has 1 aromatic rings. The Hall–Kier alpha value is -0.980. The Kier molecular flexibility index (Phi) is 1.73. The number of aromatic nitrogens is 1. The minimum atomic E-state index is 1.04. The van der Waals surface area contributed by atoms with E-state index in [9.17, 15) is 0 Å². The third-order valence-corrected chi connectivity index (χ3v) is 1.23. The zero-order valence-electron chi connectivity index (χ0n) is 5.76. The quantitative estimate of drug-likeness (QED) is 0.516. The molecule has 0 atom stereocenters. The van der Waals surface area contributed by atoms with Crippen molar-refractivity contribution >= 4 is 0 Å². The first-order chi connectivity index (χ1) is 4.33. The van der Waals surface area contributed by atoms with Gasteiger partial charge in [-0.2, -0.15) is 0 Å². The van der Waals surface area contributed by atoms with Crippen LogP contribution in [0.5, 0.6) is 0 Å². The van der Waals surface area contributed by atoms with Gasteiger partial charge >= 0.3 is 0 Å². The normalized spacial score (nSPS) is 9.11. The van der Waals surface area contributed by atoms with Crippen molar-refractivity contribution < 1.29 is 0 Å². The van der Waals surface area contributed by atoms with E-state index in [1.807, 2.05) is 32.5 Å². The summed E-state index contributed by atoms with van der Waals surface area (Å²) in [4.78, 5) is 4.14. The minimum absolute atomic E-state index is 1.04. The molecule has 1 nitrogen and oxygen atoms in total. The number of pyridine rings is 1. The van der Waals surface area contributed by atoms with Crippen LogP contribution in [0.2, 0.25) is 0 Å². The van der Waals surface area contributed by atoms with Crippen LogP contribution in [-0.4, -0.2) is 4.98 Å². The molecule has 0 aliphatic heterocycles. The van der Waals surface area contributed by atoms with Gasteiger partial charge in [-0.05, 0) is 12.5 Å². The van der Waals surface area contributed by atoms with E-state index in [2.05, 4.69) is 11.1 Å². The summed E-state index contributed by atoms with van der Waals surface area (Å²) >= 11 is 0. The zero-order chi connectivity index (χ0) is 6.69. The molecule has 0 saturated carbocycles. The van der Waals surface area contributed by atoms with Crippen molar-refractivity contribution in [2.45, 2.75) is 13.8 Å². The largest absolute Gasteiger partial charge is 0.219 e. The van der Waals surface area contributed by atoms with E-state index < -0.39 is 0 Å². The number of rotatable bonds is 1. The molecule has 1 aromatic heterocycles. The van der Waals surface area contributed by atoms with E-state index in [1.165, 1.54) is 5.56 Å². The molecule has 0 unspecified atom stereocenters. The predicted octanol–water partition coefficient (Wildman–Crippen LogP) is 1.96. The lowest BCUT2D eigenvalue weighted by Crippen LogP contribution is -1.82. The Bertz CT molecular complexity index is 176. The topological polar surface area (TPSA) is 12.9 Å². The second kappa shape index (κ2) is 2.53. The number of hydrogen-bond donors (Lipinski definition) is 0. The van der Waals surface area contributed by atoms with Gasteiger partial charge in [-0.15, -0.1) is 0 Å². The molecule has 1 heteroatoms. The van der Waals surface area contributed by atoms with Gasteiger partial charge in [0, 0.05) is 19.2 Å². The summed E-state index contributed by atoms with van der Waals surface area (Å²) < 4.78 is 0. The van der Waals surface area contributed by atoms with Crippen molar-refractivity contribution in [3.8, 4) is 0 Å². The smallest absolute Gasteiger partial charge is 0.217 e. The van der Waals surface area contributed by atoms with Gasteiger partial charge in [-0.25, -0.2) is 4.98 Å². The molecular formula is C8H10N+. The van der Waals surface area contributed by atoms with Crippen LogP contribution < -0.4 is 0 Å². The van der Waals surface area contributed by atoms with Gasteiger partial charge in [0.25, 0.3) is 0 Å². The van der Waals surface area contributed by atoms with E-state index in [0.717, 1.165) is 5.69 Å². The van der Waals surface area contributed by atoms with Crippen LogP contribution in [0.25, 0.3) is 0 Å². The Morgan fingerprint density at radius 2 is 2.22 bits per heavy atom. The first kappa shape index (κ1) is 6.14. The Morgan fingerprint density at radius 3 is 2.67 bits per heavy atom. The fourth-order valence-corrected chi connectivity index (χ4v) is 0.650. The van der Waals surface area contributed by atoms with Gasteiger partial charge in [0.05, 0.1) is 12.5 Å². The monoisotopic (exact) mass is 120 g/mol. The van der Waals surface area contributed by atoms with Crippen LogP contribution in [-0.2, 0) is 0 Å². The first-order valence-corrected chi connectivity index (χ1v) is 3.05. The molecule has 0 aromatic carbocycles. The van der Waals surface area contributed by atoms with Gasteiger partial charge in [0.1, 0.15) is 0 Å². The van der Waals surface area contributed by atoms with Gasteiger partial charge in [0.2, 0.25) is 5.69 Å². The lowest BCUT2D eigenvalue weighted by atomic mass is 10.2. The second-order valence-corrected chi connectivity index (χ2v) is 2.05. The molecule has 0 radical (unpaired) electrons. The lowest BCUT2D eigenvalue weighted by molar-refractivity contribution is 1.17. The summed E-state index contributed by atoms with van der Waals surface area (Å²) in [6.45, 7) is 4.02. The highest BCUT2D eigenvalue weighted by molar-refractivity contribution is 5.16. The molecule has 0 saturated heterocycles. The molecule has 9 heavy (non-hydrogen) atoms. The third-order valence-electron chi connectivity index (χ3n) is 1.23. The summed E-state index contributed by atoms with van der Waals surface area (Å²) in [5.74, 6) is 0.